The molecule has 1 heterocycles. The first kappa shape index (κ1) is 29.3. The van der Waals surface area contributed by atoms with Gasteiger partial charge in [-0.1, -0.05) is 41.5 Å². The van der Waals surface area contributed by atoms with Crippen LogP contribution < -0.4 is 5.32 Å². The number of nitrogens with zero attached hydrogens (tertiary/aromatic N) is 1. The second kappa shape index (κ2) is 10.8. The number of alkyl halides is 3. The summed E-state index contributed by atoms with van der Waals surface area (Å²) in [5.41, 5.74) is 1.85. The molecule has 1 fully saturated rings. The second-order valence-corrected chi connectivity index (χ2v) is 9.92. The molecule has 3 nitrogen and oxygen atoms in total. The molecule has 1 aromatic carbocycles. The zero-order valence-electron chi connectivity index (χ0n) is 18.8. The smallest absolute Gasteiger partial charge is 0.389 e. The molecule has 30 heavy (non-hydrogen) atoms. The first-order valence-electron chi connectivity index (χ1n) is 10.1. The first-order chi connectivity index (χ1) is 12.7. The van der Waals surface area contributed by atoms with Gasteiger partial charge in [-0.05, 0) is 46.1 Å². The molecule has 1 atom stereocenters. The lowest BCUT2D eigenvalue weighted by Gasteiger charge is -2.37. The summed E-state index contributed by atoms with van der Waals surface area (Å²) >= 11 is 0. The molecule has 0 amide bonds. The van der Waals surface area contributed by atoms with Gasteiger partial charge in [0.25, 0.3) is 0 Å². The number of aromatic hydroxyl groups is 1. The van der Waals surface area contributed by atoms with Crippen molar-refractivity contribution in [1.29, 1.82) is 0 Å². The number of rotatable bonds is 4. The monoisotopic (exact) mass is 472 g/mol. The normalized spacial score (nSPS) is 17.1. The summed E-state index contributed by atoms with van der Waals surface area (Å²) in [5.74, 6) is 0.263. The predicted octanol–water partition coefficient (Wildman–Crippen LogP) is 6.12. The van der Waals surface area contributed by atoms with E-state index in [4.69, 9.17) is 0 Å². The maximum absolute atomic E-state index is 13.0. The van der Waals surface area contributed by atoms with Crippen molar-refractivity contribution in [2.75, 3.05) is 26.2 Å². The highest BCUT2D eigenvalue weighted by Crippen LogP contribution is 2.42. The number of halogens is 5. The molecule has 1 saturated heterocycles. The Hall–Kier alpha value is -0.690. The number of phenolic OH excluding ortho intramolecular Hbond substituents is 1. The average Bonchev–Trinajstić information content (AvgIpc) is 2.54. The second-order valence-electron chi connectivity index (χ2n) is 9.92. The molecule has 2 rings (SSSR count). The zero-order chi connectivity index (χ0) is 21.3. The number of piperazine rings is 1. The van der Waals surface area contributed by atoms with E-state index in [1.54, 1.807) is 0 Å². The van der Waals surface area contributed by atoms with Gasteiger partial charge in [0, 0.05) is 38.6 Å². The Balaban J connectivity index is 0.00000420. The van der Waals surface area contributed by atoms with Crippen LogP contribution in [-0.2, 0) is 10.8 Å². The molecule has 8 heteroatoms. The van der Waals surface area contributed by atoms with Gasteiger partial charge in [0.2, 0.25) is 0 Å². The van der Waals surface area contributed by atoms with Gasteiger partial charge < -0.3 is 10.4 Å². The third-order valence-corrected chi connectivity index (χ3v) is 5.43. The van der Waals surface area contributed by atoms with Crippen molar-refractivity contribution in [3.05, 3.63) is 28.8 Å². The fourth-order valence-corrected chi connectivity index (χ4v) is 3.85. The molecule has 1 aromatic rings. The molecular formula is C22H37Cl2F3N2O. The van der Waals surface area contributed by atoms with E-state index in [-0.39, 0.29) is 53.9 Å². The molecule has 0 aliphatic carbocycles. The Morgan fingerprint density at radius 2 is 1.37 bits per heavy atom. The van der Waals surface area contributed by atoms with E-state index in [1.165, 1.54) is 0 Å². The van der Waals surface area contributed by atoms with Gasteiger partial charge in [-0.25, -0.2) is 0 Å². The molecule has 0 radical (unpaired) electrons. The van der Waals surface area contributed by atoms with E-state index in [1.807, 2.05) is 53.7 Å². The van der Waals surface area contributed by atoms with E-state index in [0.717, 1.165) is 42.9 Å². The van der Waals surface area contributed by atoms with E-state index < -0.39 is 12.6 Å². The molecule has 0 aromatic heterocycles. The standard InChI is InChI=1S/C22H35F3N2O.2ClH/c1-20(2,3)16-13-15(14-17(19(16)28)21(4,5)6)18(7-8-22(23,24)25)27-11-9-26-10-12-27;;/h13-14,18,26,28H,7-12H2,1-6H3;2*1H/t18-;;/m1../s1. The van der Waals surface area contributed by atoms with Gasteiger partial charge in [0.15, 0.2) is 0 Å². The number of benzene rings is 1. The summed E-state index contributed by atoms with van der Waals surface area (Å²) in [7, 11) is 0. The molecule has 176 valence electrons. The summed E-state index contributed by atoms with van der Waals surface area (Å²) < 4.78 is 39.1. The van der Waals surface area contributed by atoms with Crippen LogP contribution in [0.5, 0.6) is 5.75 Å². The maximum Gasteiger partial charge on any atom is 0.389 e. The lowest BCUT2D eigenvalue weighted by molar-refractivity contribution is -0.138. The van der Waals surface area contributed by atoms with Crippen LogP contribution in [0.3, 0.4) is 0 Å². The van der Waals surface area contributed by atoms with Crippen LogP contribution in [0.15, 0.2) is 12.1 Å². The molecule has 0 bridgehead atoms. The average molecular weight is 473 g/mol. The van der Waals surface area contributed by atoms with Crippen LogP contribution in [0.4, 0.5) is 13.2 Å². The third-order valence-electron chi connectivity index (χ3n) is 5.43. The van der Waals surface area contributed by atoms with Crippen molar-refractivity contribution in [3.63, 3.8) is 0 Å². The Bertz CT molecular complexity index is 641. The summed E-state index contributed by atoms with van der Waals surface area (Å²) in [6.07, 6.45) is -4.96. The quantitative estimate of drug-likeness (QED) is 0.553. The molecule has 1 aliphatic heterocycles. The number of phenols is 1. The van der Waals surface area contributed by atoms with E-state index in [2.05, 4.69) is 10.2 Å². The molecule has 2 N–H and O–H groups in total. The minimum atomic E-state index is -4.18. The van der Waals surface area contributed by atoms with Gasteiger partial charge in [-0.3, -0.25) is 4.90 Å². The van der Waals surface area contributed by atoms with Gasteiger partial charge in [-0.15, -0.1) is 24.8 Å². The Morgan fingerprint density at radius 3 is 1.73 bits per heavy atom. The third kappa shape index (κ3) is 7.77. The first-order valence-corrected chi connectivity index (χ1v) is 10.1. The Kier molecular flexibility index (Phi) is 10.5. The SMILES string of the molecule is CC(C)(C)c1cc([C@@H](CCC(F)(F)F)N2CCNCC2)cc(C(C)(C)C)c1O.Cl.Cl. The number of hydrogen-bond acceptors (Lipinski definition) is 3. The van der Waals surface area contributed by atoms with Crippen molar-refractivity contribution in [2.24, 2.45) is 0 Å². The van der Waals surface area contributed by atoms with E-state index in [0.29, 0.717) is 0 Å². The zero-order valence-corrected chi connectivity index (χ0v) is 20.5. The number of nitrogens with one attached hydrogen (secondary N) is 1. The van der Waals surface area contributed by atoms with Crippen molar-refractivity contribution < 1.29 is 18.3 Å². The largest absolute Gasteiger partial charge is 0.507 e. The topological polar surface area (TPSA) is 35.5 Å². The maximum atomic E-state index is 13.0. The van der Waals surface area contributed by atoms with Crippen molar-refractivity contribution in [1.82, 2.24) is 10.2 Å². The summed E-state index contributed by atoms with van der Waals surface area (Å²) in [6, 6.07) is 3.54. The summed E-state index contributed by atoms with van der Waals surface area (Å²) in [5, 5.41) is 14.2. The lowest BCUT2D eigenvalue weighted by atomic mass is 9.77. The highest BCUT2D eigenvalue weighted by Gasteiger charge is 2.33. The minimum absolute atomic E-state index is 0. The fourth-order valence-electron chi connectivity index (χ4n) is 3.85. The summed E-state index contributed by atoms with van der Waals surface area (Å²) in [6.45, 7) is 15.1. The molecule has 0 unspecified atom stereocenters. The van der Waals surface area contributed by atoms with Crippen molar-refractivity contribution in [2.45, 2.75) is 77.4 Å². The molecule has 1 aliphatic rings. The van der Waals surface area contributed by atoms with E-state index >= 15 is 0 Å². The predicted molar refractivity (Wildman–Crippen MR) is 122 cm³/mol. The van der Waals surface area contributed by atoms with Gasteiger partial charge in [0.05, 0.1) is 0 Å². The van der Waals surface area contributed by atoms with Crippen LogP contribution in [0.1, 0.15) is 77.1 Å². The molecule has 0 spiro atoms. The van der Waals surface area contributed by atoms with Crippen molar-refractivity contribution >= 4 is 24.8 Å². The van der Waals surface area contributed by atoms with Crippen LogP contribution in [0, 0.1) is 0 Å². The van der Waals surface area contributed by atoms with Gasteiger partial charge in [-0.2, -0.15) is 13.2 Å². The van der Waals surface area contributed by atoms with E-state index in [9.17, 15) is 18.3 Å². The highest BCUT2D eigenvalue weighted by atomic mass is 35.5. The minimum Gasteiger partial charge on any atom is -0.507 e. The Morgan fingerprint density at radius 1 is 0.933 bits per heavy atom. The lowest BCUT2D eigenvalue weighted by Crippen LogP contribution is -2.45. The Labute approximate surface area is 191 Å². The van der Waals surface area contributed by atoms with Gasteiger partial charge in [0.1, 0.15) is 5.75 Å². The highest BCUT2D eigenvalue weighted by molar-refractivity contribution is 5.85. The fraction of sp³-hybridized carbons (Fsp3) is 0.727. The van der Waals surface area contributed by atoms with Crippen LogP contribution >= 0.6 is 24.8 Å². The van der Waals surface area contributed by atoms with Crippen LogP contribution in [0.2, 0.25) is 0 Å². The molecule has 0 saturated carbocycles. The van der Waals surface area contributed by atoms with Crippen molar-refractivity contribution in [3.8, 4) is 5.75 Å². The molecular weight excluding hydrogens is 436 g/mol. The number of hydrogen-bond donors (Lipinski definition) is 2. The van der Waals surface area contributed by atoms with Crippen LogP contribution in [0.25, 0.3) is 0 Å². The summed E-state index contributed by atoms with van der Waals surface area (Å²) in [4.78, 5) is 2.15. The van der Waals surface area contributed by atoms with Gasteiger partial charge >= 0.3 is 6.18 Å². The van der Waals surface area contributed by atoms with Crippen LogP contribution in [-0.4, -0.2) is 42.4 Å².